The van der Waals surface area contributed by atoms with Gasteiger partial charge in [-0.2, -0.15) is 0 Å². The Morgan fingerprint density at radius 2 is 1.85 bits per heavy atom. The molecular weight excluding hydrogens is 342 g/mol. The Morgan fingerprint density at radius 1 is 1.11 bits per heavy atom. The van der Waals surface area contributed by atoms with Crippen LogP contribution in [0.4, 0.5) is 0 Å². The van der Waals surface area contributed by atoms with E-state index in [1.165, 1.54) is 6.92 Å². The van der Waals surface area contributed by atoms with Crippen LogP contribution in [0.1, 0.15) is 68.3 Å². The Balaban J connectivity index is 2.07. The quantitative estimate of drug-likeness (QED) is 0.625. The number of carbonyl (C=O) groups is 3. The van der Waals surface area contributed by atoms with Gasteiger partial charge in [0.25, 0.3) is 11.8 Å². The van der Waals surface area contributed by atoms with Gasteiger partial charge in [-0.15, -0.1) is 0 Å². The van der Waals surface area contributed by atoms with E-state index in [4.69, 9.17) is 0 Å². The van der Waals surface area contributed by atoms with Gasteiger partial charge in [-0.3, -0.25) is 14.4 Å². The fourth-order valence-electron chi connectivity index (χ4n) is 3.27. The number of rotatable bonds is 8. The first-order valence-corrected chi connectivity index (χ1v) is 9.20. The maximum absolute atomic E-state index is 12.6. The number of hydrogen-bond donors (Lipinski definition) is 3. The van der Waals surface area contributed by atoms with E-state index in [2.05, 4.69) is 15.6 Å². The fraction of sp³-hybridized carbons (Fsp3) is 0.381. The first-order chi connectivity index (χ1) is 12.9. The monoisotopic (exact) mass is 369 g/mol. The summed E-state index contributed by atoms with van der Waals surface area (Å²) in [7, 11) is 1.59. The number of Topliss-reactive ketones (excluding diaryl/α,β-unsaturated/α-hetero) is 1. The third-order valence-corrected chi connectivity index (χ3v) is 4.49. The van der Waals surface area contributed by atoms with Gasteiger partial charge in [0.2, 0.25) is 0 Å². The molecule has 3 N–H and O–H groups in total. The number of ketones is 1. The standard InChI is InChI=1S/C21H27N3O3/c1-5-7-17-18(14(3)25)13(2)24-19(17)21(27)23-11-10-15-8-6-9-16(12-15)20(26)22-4/h6,8-9,12,24H,5,7,10-11H2,1-4H3,(H,22,26)(H,23,27). The molecule has 1 aromatic carbocycles. The van der Waals surface area contributed by atoms with Crippen molar-refractivity contribution in [2.24, 2.45) is 0 Å². The lowest BCUT2D eigenvalue weighted by molar-refractivity contribution is 0.0944. The summed E-state index contributed by atoms with van der Waals surface area (Å²) < 4.78 is 0. The highest BCUT2D eigenvalue weighted by Gasteiger charge is 2.21. The van der Waals surface area contributed by atoms with E-state index < -0.39 is 0 Å². The summed E-state index contributed by atoms with van der Waals surface area (Å²) >= 11 is 0. The van der Waals surface area contributed by atoms with E-state index in [1.807, 2.05) is 32.0 Å². The lowest BCUT2D eigenvalue weighted by atomic mass is 10.0. The van der Waals surface area contributed by atoms with Crippen LogP contribution in [-0.2, 0) is 12.8 Å². The second kappa shape index (κ2) is 9.16. The molecule has 2 amide bonds. The van der Waals surface area contributed by atoms with Gasteiger partial charge in [0.05, 0.1) is 0 Å². The van der Waals surface area contributed by atoms with Crippen molar-refractivity contribution in [3.63, 3.8) is 0 Å². The molecule has 144 valence electrons. The molecule has 0 radical (unpaired) electrons. The van der Waals surface area contributed by atoms with E-state index in [1.54, 1.807) is 13.1 Å². The maximum Gasteiger partial charge on any atom is 0.268 e. The summed E-state index contributed by atoms with van der Waals surface area (Å²) in [6.45, 7) is 5.80. The molecule has 6 heteroatoms. The topological polar surface area (TPSA) is 91.1 Å². The molecule has 1 heterocycles. The van der Waals surface area contributed by atoms with Crippen LogP contribution >= 0.6 is 0 Å². The molecule has 2 aromatic rings. The van der Waals surface area contributed by atoms with Crippen LogP contribution in [0.2, 0.25) is 0 Å². The molecule has 0 spiro atoms. The predicted molar refractivity (Wildman–Crippen MR) is 105 cm³/mol. The molecule has 0 aliphatic carbocycles. The molecule has 0 saturated heterocycles. The maximum atomic E-state index is 12.6. The van der Waals surface area contributed by atoms with Crippen molar-refractivity contribution >= 4 is 17.6 Å². The van der Waals surface area contributed by atoms with Crippen molar-refractivity contribution < 1.29 is 14.4 Å². The number of hydrogen-bond acceptors (Lipinski definition) is 3. The van der Waals surface area contributed by atoms with Gasteiger partial charge >= 0.3 is 0 Å². The van der Waals surface area contributed by atoms with Gasteiger partial charge in [-0.25, -0.2) is 0 Å². The summed E-state index contributed by atoms with van der Waals surface area (Å²) in [5, 5.41) is 5.51. The van der Waals surface area contributed by atoms with Gasteiger partial charge in [0.1, 0.15) is 5.69 Å². The molecule has 0 saturated carbocycles. The Kier molecular flexibility index (Phi) is 6.93. The van der Waals surface area contributed by atoms with Gasteiger partial charge in [-0.05, 0) is 49.9 Å². The van der Waals surface area contributed by atoms with Crippen LogP contribution in [0.5, 0.6) is 0 Å². The van der Waals surface area contributed by atoms with E-state index in [9.17, 15) is 14.4 Å². The fourth-order valence-corrected chi connectivity index (χ4v) is 3.27. The molecule has 0 bridgehead atoms. The number of aromatic amines is 1. The third kappa shape index (κ3) is 4.84. The van der Waals surface area contributed by atoms with E-state index >= 15 is 0 Å². The summed E-state index contributed by atoms with van der Waals surface area (Å²) in [6, 6.07) is 7.32. The number of amides is 2. The number of carbonyl (C=O) groups excluding carboxylic acids is 3. The molecule has 0 atom stereocenters. The zero-order chi connectivity index (χ0) is 20.0. The zero-order valence-corrected chi connectivity index (χ0v) is 16.4. The molecule has 0 unspecified atom stereocenters. The Morgan fingerprint density at radius 3 is 2.48 bits per heavy atom. The van der Waals surface area contributed by atoms with E-state index in [0.29, 0.717) is 36.2 Å². The molecule has 0 fully saturated rings. The number of H-pyrrole nitrogens is 1. The van der Waals surface area contributed by atoms with Gasteiger partial charge < -0.3 is 15.6 Å². The molecule has 6 nitrogen and oxygen atoms in total. The molecule has 0 aliphatic rings. The van der Waals surface area contributed by atoms with Crippen LogP contribution < -0.4 is 10.6 Å². The zero-order valence-electron chi connectivity index (χ0n) is 16.4. The minimum atomic E-state index is -0.212. The predicted octanol–water partition coefficient (Wildman–Crippen LogP) is 2.81. The highest BCUT2D eigenvalue weighted by atomic mass is 16.2. The second-order valence-corrected chi connectivity index (χ2v) is 6.57. The van der Waals surface area contributed by atoms with Crippen LogP contribution in [0.3, 0.4) is 0 Å². The SMILES string of the molecule is CCCc1c(C(=O)NCCc2cccc(C(=O)NC)c2)[nH]c(C)c1C(C)=O. The van der Waals surface area contributed by atoms with Crippen LogP contribution in [0.25, 0.3) is 0 Å². The van der Waals surface area contributed by atoms with Crippen molar-refractivity contribution in [3.05, 3.63) is 57.9 Å². The summed E-state index contributed by atoms with van der Waals surface area (Å²) in [6.07, 6.45) is 2.14. The first-order valence-electron chi connectivity index (χ1n) is 9.20. The van der Waals surface area contributed by atoms with Crippen LogP contribution in [0, 0.1) is 6.92 Å². The van der Waals surface area contributed by atoms with Crippen molar-refractivity contribution in [3.8, 4) is 0 Å². The highest BCUT2D eigenvalue weighted by Crippen LogP contribution is 2.21. The average molecular weight is 369 g/mol. The Hall–Kier alpha value is -2.89. The van der Waals surface area contributed by atoms with E-state index in [0.717, 1.165) is 23.2 Å². The lowest BCUT2D eigenvalue weighted by Crippen LogP contribution is -2.27. The molecular formula is C21H27N3O3. The normalized spacial score (nSPS) is 10.5. The number of aromatic nitrogens is 1. The highest BCUT2D eigenvalue weighted by molar-refractivity contribution is 6.02. The molecule has 1 aromatic heterocycles. The summed E-state index contributed by atoms with van der Waals surface area (Å²) in [5.41, 5.74) is 4.19. The molecule has 2 rings (SSSR count). The average Bonchev–Trinajstić information content (AvgIpc) is 2.98. The van der Waals surface area contributed by atoms with Gasteiger partial charge in [0, 0.05) is 30.4 Å². The van der Waals surface area contributed by atoms with Crippen LogP contribution in [0.15, 0.2) is 24.3 Å². The van der Waals surface area contributed by atoms with Crippen molar-refractivity contribution in [1.29, 1.82) is 0 Å². The molecule has 0 aliphatic heterocycles. The minimum absolute atomic E-state index is 0.0303. The summed E-state index contributed by atoms with van der Waals surface area (Å²) in [5.74, 6) is -0.377. The third-order valence-electron chi connectivity index (χ3n) is 4.49. The smallest absolute Gasteiger partial charge is 0.268 e. The largest absolute Gasteiger partial charge is 0.355 e. The Labute approximate surface area is 159 Å². The van der Waals surface area contributed by atoms with Crippen molar-refractivity contribution in [2.75, 3.05) is 13.6 Å². The van der Waals surface area contributed by atoms with Crippen LogP contribution in [-0.4, -0.2) is 36.2 Å². The van der Waals surface area contributed by atoms with Crippen molar-refractivity contribution in [2.45, 2.75) is 40.0 Å². The number of benzene rings is 1. The number of aryl methyl sites for hydroxylation is 1. The van der Waals surface area contributed by atoms with Gasteiger partial charge in [0.15, 0.2) is 5.78 Å². The first kappa shape index (κ1) is 20.4. The van der Waals surface area contributed by atoms with E-state index in [-0.39, 0.29) is 17.6 Å². The lowest BCUT2D eigenvalue weighted by Gasteiger charge is -2.08. The second-order valence-electron chi connectivity index (χ2n) is 6.57. The molecule has 27 heavy (non-hydrogen) atoms. The van der Waals surface area contributed by atoms with Gasteiger partial charge in [-0.1, -0.05) is 25.5 Å². The van der Waals surface area contributed by atoms with Crippen molar-refractivity contribution in [1.82, 2.24) is 15.6 Å². The minimum Gasteiger partial charge on any atom is -0.355 e. The number of nitrogens with one attached hydrogen (secondary N) is 3. The Bertz CT molecular complexity index is 852. The summed E-state index contributed by atoms with van der Waals surface area (Å²) in [4.78, 5) is 39.3.